The highest BCUT2D eigenvalue weighted by molar-refractivity contribution is 7.80. The number of rotatable bonds is 9. The maximum atomic E-state index is 5.92. The summed E-state index contributed by atoms with van der Waals surface area (Å²) in [6.45, 7) is 10.6. The van der Waals surface area contributed by atoms with Gasteiger partial charge in [0.1, 0.15) is 0 Å². The zero-order chi connectivity index (χ0) is 12.7. The monoisotopic (exact) mass is 266 g/mol. The van der Waals surface area contributed by atoms with E-state index in [4.69, 9.17) is 9.47 Å². The van der Waals surface area contributed by atoms with Crippen LogP contribution in [0.4, 0.5) is 0 Å². The zero-order valence-corrected chi connectivity index (χ0v) is 12.7. The van der Waals surface area contributed by atoms with E-state index in [9.17, 15) is 0 Å². The molecule has 0 aromatic heterocycles. The van der Waals surface area contributed by atoms with Gasteiger partial charge in [-0.15, -0.1) is 0 Å². The summed E-state index contributed by atoms with van der Waals surface area (Å²) in [5.74, 6) is 1.62. The first kappa shape index (κ1) is 16.6. The molecule has 2 nitrogen and oxygen atoms in total. The molecule has 0 amide bonds. The fourth-order valence-electron chi connectivity index (χ4n) is 1.19. The van der Waals surface area contributed by atoms with Gasteiger partial charge in [0.15, 0.2) is 0 Å². The molecule has 4 heteroatoms. The fraction of sp³-hybridized carbons (Fsp3) is 1.00. The second-order valence-electron chi connectivity index (χ2n) is 5.46. The summed E-state index contributed by atoms with van der Waals surface area (Å²) < 4.78 is 11.4. The molecule has 0 spiro atoms. The molecule has 0 saturated carbocycles. The Hall–Kier alpha value is 0.620. The Morgan fingerprint density at radius 1 is 0.938 bits per heavy atom. The second-order valence-corrected chi connectivity index (χ2v) is 6.36. The van der Waals surface area contributed by atoms with Crippen molar-refractivity contribution in [3.05, 3.63) is 0 Å². The van der Waals surface area contributed by atoms with Gasteiger partial charge in [0.05, 0.1) is 25.4 Å². The Bertz CT molecular complexity index is 182. The van der Waals surface area contributed by atoms with Crippen molar-refractivity contribution in [2.45, 2.75) is 39.7 Å². The van der Waals surface area contributed by atoms with Crippen molar-refractivity contribution in [1.82, 2.24) is 0 Å². The molecule has 0 aliphatic rings. The Kier molecular flexibility index (Phi) is 8.16. The van der Waals surface area contributed by atoms with Crippen molar-refractivity contribution >= 4 is 25.3 Å². The summed E-state index contributed by atoms with van der Waals surface area (Å²) in [5, 5.41) is 0. The molecule has 0 N–H and O–H groups in total. The summed E-state index contributed by atoms with van der Waals surface area (Å²) in [6.07, 6.45) is 0.962. The van der Waals surface area contributed by atoms with Gasteiger partial charge >= 0.3 is 0 Å². The third kappa shape index (κ3) is 8.74. The van der Waals surface area contributed by atoms with E-state index >= 15 is 0 Å². The van der Waals surface area contributed by atoms with Gasteiger partial charge in [0, 0.05) is 11.2 Å². The molecule has 0 fully saturated rings. The van der Waals surface area contributed by atoms with Gasteiger partial charge in [0.2, 0.25) is 0 Å². The topological polar surface area (TPSA) is 18.5 Å². The molecule has 98 valence electrons. The van der Waals surface area contributed by atoms with Crippen LogP contribution in [0.25, 0.3) is 0 Å². The van der Waals surface area contributed by atoms with E-state index in [2.05, 4.69) is 53.0 Å². The summed E-state index contributed by atoms with van der Waals surface area (Å²) >= 11 is 8.35. The number of hydrogen-bond donors (Lipinski definition) is 2. The maximum absolute atomic E-state index is 5.92. The van der Waals surface area contributed by atoms with E-state index in [1.54, 1.807) is 0 Å². The van der Waals surface area contributed by atoms with Crippen LogP contribution in [-0.4, -0.2) is 36.9 Å². The normalized spacial score (nSPS) is 13.1. The van der Waals surface area contributed by atoms with Crippen molar-refractivity contribution < 1.29 is 9.47 Å². The number of ether oxygens (including phenoxy) is 2. The Labute approximate surface area is 111 Å². The van der Waals surface area contributed by atoms with Crippen LogP contribution < -0.4 is 0 Å². The molecule has 0 unspecified atom stereocenters. The van der Waals surface area contributed by atoms with Gasteiger partial charge in [-0.05, 0) is 26.0 Å². The van der Waals surface area contributed by atoms with Gasteiger partial charge in [-0.1, -0.05) is 13.8 Å². The lowest BCUT2D eigenvalue weighted by Gasteiger charge is -2.31. The predicted octanol–water partition coefficient (Wildman–Crippen LogP) is 3.07. The van der Waals surface area contributed by atoms with Crippen LogP contribution in [0.1, 0.15) is 34.1 Å². The smallest absolute Gasteiger partial charge is 0.0634 e. The van der Waals surface area contributed by atoms with Crippen molar-refractivity contribution in [3.8, 4) is 0 Å². The van der Waals surface area contributed by atoms with Gasteiger partial charge in [-0.25, -0.2) is 0 Å². The van der Waals surface area contributed by atoms with Crippen molar-refractivity contribution in [2.75, 3.05) is 31.3 Å². The second kappa shape index (κ2) is 7.85. The molecular weight excluding hydrogens is 240 g/mol. The van der Waals surface area contributed by atoms with E-state index in [1.165, 1.54) is 0 Å². The van der Waals surface area contributed by atoms with Crippen LogP contribution in [0.5, 0.6) is 0 Å². The molecule has 0 rings (SSSR count). The van der Waals surface area contributed by atoms with E-state index in [0.717, 1.165) is 17.9 Å². The molecule has 0 radical (unpaired) electrons. The average molecular weight is 266 g/mol. The third-order valence-electron chi connectivity index (χ3n) is 2.30. The largest absolute Gasteiger partial charge is 0.380 e. The van der Waals surface area contributed by atoms with Crippen molar-refractivity contribution in [3.63, 3.8) is 0 Å². The van der Waals surface area contributed by atoms with Crippen LogP contribution in [0.3, 0.4) is 0 Å². The lowest BCUT2D eigenvalue weighted by molar-refractivity contribution is -0.0751. The van der Waals surface area contributed by atoms with Crippen LogP contribution >= 0.6 is 25.3 Å². The molecule has 0 bridgehead atoms. The van der Waals surface area contributed by atoms with Gasteiger partial charge < -0.3 is 9.47 Å². The fourth-order valence-corrected chi connectivity index (χ4v) is 1.85. The SMILES string of the molecule is CC(C)(COCCS)COC(C)(C)CCS. The molecule has 0 aromatic carbocycles. The first-order chi connectivity index (χ1) is 7.33. The molecule has 0 heterocycles. The lowest BCUT2D eigenvalue weighted by Crippen LogP contribution is -2.33. The average Bonchev–Trinajstić information content (AvgIpc) is 2.16. The van der Waals surface area contributed by atoms with Gasteiger partial charge in [-0.2, -0.15) is 25.3 Å². The highest BCUT2D eigenvalue weighted by atomic mass is 32.1. The van der Waals surface area contributed by atoms with Crippen molar-refractivity contribution in [2.24, 2.45) is 5.41 Å². The lowest BCUT2D eigenvalue weighted by atomic mass is 9.95. The van der Waals surface area contributed by atoms with E-state index in [-0.39, 0.29) is 11.0 Å². The van der Waals surface area contributed by atoms with Crippen molar-refractivity contribution in [1.29, 1.82) is 0 Å². The van der Waals surface area contributed by atoms with E-state index in [1.807, 2.05) is 0 Å². The molecule has 0 saturated heterocycles. The first-order valence-electron chi connectivity index (χ1n) is 5.76. The zero-order valence-electron chi connectivity index (χ0n) is 11.0. The van der Waals surface area contributed by atoms with Gasteiger partial charge in [-0.3, -0.25) is 0 Å². The highest BCUT2D eigenvalue weighted by Crippen LogP contribution is 2.22. The van der Waals surface area contributed by atoms with Crippen LogP contribution in [-0.2, 0) is 9.47 Å². The quantitative estimate of drug-likeness (QED) is 0.493. The van der Waals surface area contributed by atoms with Crippen LogP contribution in [0, 0.1) is 5.41 Å². The number of thiol groups is 2. The standard InChI is InChI=1S/C12H26O2S2/c1-11(2,9-13-6-8-16)10-14-12(3,4)5-7-15/h15-16H,5-10H2,1-4H3. The minimum absolute atomic E-state index is 0.0524. The summed E-state index contributed by atoms with van der Waals surface area (Å²) in [4.78, 5) is 0. The molecule has 16 heavy (non-hydrogen) atoms. The summed E-state index contributed by atoms with van der Waals surface area (Å²) in [6, 6.07) is 0. The molecular formula is C12H26O2S2. The first-order valence-corrected chi connectivity index (χ1v) is 7.03. The van der Waals surface area contributed by atoms with Crippen LogP contribution in [0.2, 0.25) is 0 Å². The maximum Gasteiger partial charge on any atom is 0.0634 e. The van der Waals surface area contributed by atoms with E-state index in [0.29, 0.717) is 19.8 Å². The highest BCUT2D eigenvalue weighted by Gasteiger charge is 2.24. The molecule has 0 atom stereocenters. The Balaban J connectivity index is 3.87. The molecule has 0 aliphatic heterocycles. The molecule has 0 aliphatic carbocycles. The summed E-state index contributed by atoms with van der Waals surface area (Å²) in [5.41, 5.74) is -0.0423. The van der Waals surface area contributed by atoms with E-state index < -0.39 is 0 Å². The van der Waals surface area contributed by atoms with Crippen LogP contribution in [0.15, 0.2) is 0 Å². The predicted molar refractivity (Wildman–Crippen MR) is 77.0 cm³/mol. The third-order valence-corrected chi connectivity index (χ3v) is 2.70. The van der Waals surface area contributed by atoms with Gasteiger partial charge in [0.25, 0.3) is 0 Å². The molecule has 0 aromatic rings. The Morgan fingerprint density at radius 2 is 1.56 bits per heavy atom. The minimum Gasteiger partial charge on any atom is -0.380 e. The summed E-state index contributed by atoms with van der Waals surface area (Å²) in [7, 11) is 0. The minimum atomic E-state index is -0.0947. The Morgan fingerprint density at radius 3 is 2.06 bits per heavy atom. The number of hydrogen-bond acceptors (Lipinski definition) is 4.